The van der Waals surface area contributed by atoms with E-state index in [4.69, 9.17) is 5.11 Å². The molecule has 17 heavy (non-hydrogen) atoms. The van der Waals surface area contributed by atoms with Gasteiger partial charge in [0, 0.05) is 19.6 Å². The summed E-state index contributed by atoms with van der Waals surface area (Å²) in [6.07, 6.45) is 0. The summed E-state index contributed by atoms with van der Waals surface area (Å²) in [4.78, 5) is 13.1. The van der Waals surface area contributed by atoms with Crippen LogP contribution in [-0.4, -0.2) is 29.1 Å². The molecule has 0 amide bonds. The Morgan fingerprint density at radius 3 is 2.41 bits per heavy atom. The minimum Gasteiger partial charge on any atom is -0.478 e. The highest BCUT2D eigenvalue weighted by molar-refractivity contribution is 5.87. The summed E-state index contributed by atoms with van der Waals surface area (Å²) in [6, 6.07) is 7.17. The zero-order valence-corrected chi connectivity index (χ0v) is 10.4. The van der Waals surface area contributed by atoms with Gasteiger partial charge in [-0.15, -0.1) is 0 Å². The molecule has 2 rings (SSSR count). The van der Waals surface area contributed by atoms with Crippen molar-refractivity contribution < 1.29 is 9.90 Å². The van der Waals surface area contributed by atoms with Crippen LogP contribution in [0.15, 0.2) is 24.3 Å². The van der Waals surface area contributed by atoms with E-state index in [0.717, 1.165) is 18.4 Å². The number of hydrogen-bond donors (Lipinski definition) is 1. The highest BCUT2D eigenvalue weighted by Crippen LogP contribution is 2.24. The third-order valence-corrected chi connectivity index (χ3v) is 3.54. The van der Waals surface area contributed by atoms with E-state index in [1.807, 2.05) is 12.1 Å². The number of nitrogens with zero attached hydrogens (tertiary/aromatic N) is 1. The van der Waals surface area contributed by atoms with Crippen molar-refractivity contribution in [3.8, 4) is 0 Å². The molecule has 1 saturated heterocycles. The summed E-state index contributed by atoms with van der Waals surface area (Å²) in [5.74, 6) is 0.731. The third-order valence-electron chi connectivity index (χ3n) is 3.54. The van der Waals surface area contributed by atoms with Crippen molar-refractivity contribution in [2.45, 2.75) is 20.4 Å². The molecule has 1 aliphatic rings. The molecule has 0 atom stereocenters. The Labute approximate surface area is 102 Å². The van der Waals surface area contributed by atoms with Gasteiger partial charge in [-0.3, -0.25) is 4.90 Å². The summed E-state index contributed by atoms with van der Waals surface area (Å²) in [5, 5.41) is 8.80. The lowest BCUT2D eigenvalue weighted by molar-refractivity contribution is 0.0614. The average Bonchev–Trinajstić information content (AvgIpc) is 2.23. The van der Waals surface area contributed by atoms with Crippen molar-refractivity contribution >= 4 is 5.97 Å². The first-order valence-corrected chi connectivity index (χ1v) is 6.11. The Morgan fingerprint density at radius 2 is 1.94 bits per heavy atom. The maximum absolute atomic E-state index is 10.7. The van der Waals surface area contributed by atoms with Gasteiger partial charge >= 0.3 is 5.97 Å². The van der Waals surface area contributed by atoms with Crippen LogP contribution in [0.2, 0.25) is 0 Å². The molecule has 0 saturated carbocycles. The molecule has 0 radical (unpaired) electrons. The Bertz CT molecular complexity index is 391. The van der Waals surface area contributed by atoms with E-state index < -0.39 is 5.97 Å². The number of carboxylic acids is 1. The Morgan fingerprint density at radius 1 is 1.35 bits per heavy atom. The van der Waals surface area contributed by atoms with Crippen LogP contribution in [0.1, 0.15) is 29.8 Å². The van der Waals surface area contributed by atoms with E-state index in [-0.39, 0.29) is 0 Å². The molecule has 3 nitrogen and oxygen atoms in total. The van der Waals surface area contributed by atoms with Gasteiger partial charge in [0.15, 0.2) is 0 Å². The van der Waals surface area contributed by atoms with Crippen LogP contribution in [0.3, 0.4) is 0 Å². The fraction of sp³-hybridized carbons (Fsp3) is 0.500. The van der Waals surface area contributed by atoms with E-state index in [1.54, 1.807) is 12.1 Å². The third kappa shape index (κ3) is 2.86. The predicted octanol–water partition coefficient (Wildman–Crippen LogP) is 2.47. The quantitative estimate of drug-likeness (QED) is 0.868. The molecule has 1 aromatic carbocycles. The summed E-state index contributed by atoms with van der Waals surface area (Å²) < 4.78 is 0. The maximum Gasteiger partial charge on any atom is 0.335 e. The highest BCUT2D eigenvalue weighted by Gasteiger charge is 2.28. The number of carboxylic acid groups (broad SMARTS) is 1. The van der Waals surface area contributed by atoms with E-state index in [1.165, 1.54) is 18.7 Å². The van der Waals surface area contributed by atoms with Crippen LogP contribution < -0.4 is 0 Å². The van der Waals surface area contributed by atoms with Gasteiger partial charge in [0.25, 0.3) is 0 Å². The first-order chi connectivity index (χ1) is 8.06. The second-order valence-electron chi connectivity index (χ2n) is 5.20. The van der Waals surface area contributed by atoms with E-state index >= 15 is 0 Å². The SMILES string of the molecule is CC(C)C1CN(Cc2ccc(C(=O)O)cc2)C1. The fourth-order valence-electron chi connectivity index (χ4n) is 2.17. The van der Waals surface area contributed by atoms with Crippen LogP contribution in [0.4, 0.5) is 0 Å². The summed E-state index contributed by atoms with van der Waals surface area (Å²) >= 11 is 0. The van der Waals surface area contributed by atoms with Crippen molar-refractivity contribution in [2.75, 3.05) is 13.1 Å². The van der Waals surface area contributed by atoms with Crippen molar-refractivity contribution in [3.63, 3.8) is 0 Å². The molecule has 1 fully saturated rings. The average molecular weight is 233 g/mol. The number of hydrogen-bond acceptors (Lipinski definition) is 2. The molecule has 92 valence electrons. The van der Waals surface area contributed by atoms with Gasteiger partial charge in [0.2, 0.25) is 0 Å². The van der Waals surface area contributed by atoms with Crippen LogP contribution in [0.25, 0.3) is 0 Å². The lowest BCUT2D eigenvalue weighted by Gasteiger charge is -2.41. The van der Waals surface area contributed by atoms with E-state index in [0.29, 0.717) is 5.56 Å². The van der Waals surface area contributed by atoms with Gasteiger partial charge in [-0.05, 0) is 29.5 Å². The van der Waals surface area contributed by atoms with Crippen molar-refractivity contribution in [2.24, 2.45) is 11.8 Å². The second-order valence-corrected chi connectivity index (χ2v) is 5.20. The number of aromatic carboxylic acids is 1. The zero-order chi connectivity index (χ0) is 12.4. The molecule has 0 spiro atoms. The van der Waals surface area contributed by atoms with Crippen molar-refractivity contribution in [1.29, 1.82) is 0 Å². The van der Waals surface area contributed by atoms with Gasteiger partial charge in [-0.1, -0.05) is 26.0 Å². The molecule has 0 unspecified atom stereocenters. The maximum atomic E-state index is 10.7. The predicted molar refractivity (Wildman–Crippen MR) is 67.0 cm³/mol. The number of carbonyl (C=O) groups is 1. The fourth-order valence-corrected chi connectivity index (χ4v) is 2.17. The zero-order valence-electron chi connectivity index (χ0n) is 10.4. The molecular weight excluding hydrogens is 214 g/mol. The molecule has 0 bridgehead atoms. The minimum absolute atomic E-state index is 0.359. The van der Waals surface area contributed by atoms with Gasteiger partial charge in [-0.25, -0.2) is 4.79 Å². The first kappa shape index (κ1) is 12.1. The Balaban J connectivity index is 1.86. The van der Waals surface area contributed by atoms with Crippen LogP contribution in [0, 0.1) is 11.8 Å². The smallest absolute Gasteiger partial charge is 0.335 e. The number of rotatable bonds is 4. The molecule has 3 heteroatoms. The Kier molecular flexibility index (Phi) is 3.48. The van der Waals surface area contributed by atoms with Gasteiger partial charge in [0.05, 0.1) is 5.56 Å². The summed E-state index contributed by atoms with van der Waals surface area (Å²) in [7, 11) is 0. The van der Waals surface area contributed by atoms with Crippen LogP contribution >= 0.6 is 0 Å². The highest BCUT2D eigenvalue weighted by atomic mass is 16.4. The van der Waals surface area contributed by atoms with Crippen LogP contribution in [0.5, 0.6) is 0 Å². The lowest BCUT2D eigenvalue weighted by atomic mass is 9.88. The molecule has 1 N–H and O–H groups in total. The van der Waals surface area contributed by atoms with Gasteiger partial charge in [-0.2, -0.15) is 0 Å². The monoisotopic (exact) mass is 233 g/mol. The van der Waals surface area contributed by atoms with E-state index in [2.05, 4.69) is 18.7 Å². The topological polar surface area (TPSA) is 40.5 Å². The van der Waals surface area contributed by atoms with Gasteiger partial charge < -0.3 is 5.11 Å². The van der Waals surface area contributed by atoms with Crippen molar-refractivity contribution in [3.05, 3.63) is 35.4 Å². The number of benzene rings is 1. The molecule has 1 heterocycles. The number of likely N-dealkylation sites (tertiary alicyclic amines) is 1. The first-order valence-electron chi connectivity index (χ1n) is 6.11. The van der Waals surface area contributed by atoms with Gasteiger partial charge in [0.1, 0.15) is 0 Å². The molecule has 0 aliphatic carbocycles. The summed E-state index contributed by atoms with van der Waals surface area (Å²) in [5.41, 5.74) is 1.55. The Hall–Kier alpha value is -1.35. The normalized spacial score (nSPS) is 17.1. The van der Waals surface area contributed by atoms with Crippen molar-refractivity contribution in [1.82, 2.24) is 4.90 Å². The lowest BCUT2D eigenvalue weighted by Crippen LogP contribution is -2.48. The summed E-state index contributed by atoms with van der Waals surface area (Å²) in [6.45, 7) is 7.80. The standard InChI is InChI=1S/C14H19NO2/c1-10(2)13-8-15(9-13)7-11-3-5-12(6-4-11)14(16)17/h3-6,10,13H,7-9H2,1-2H3,(H,16,17). The minimum atomic E-state index is -0.861. The van der Waals surface area contributed by atoms with Crippen LogP contribution in [-0.2, 0) is 6.54 Å². The largest absolute Gasteiger partial charge is 0.478 e. The second kappa shape index (κ2) is 4.88. The molecular formula is C14H19NO2. The molecule has 0 aromatic heterocycles. The molecule has 1 aliphatic heterocycles. The van der Waals surface area contributed by atoms with E-state index in [9.17, 15) is 4.79 Å². The molecule has 1 aromatic rings.